The van der Waals surface area contributed by atoms with Crippen LogP contribution in [0.4, 0.5) is 5.82 Å². The van der Waals surface area contributed by atoms with Crippen LogP contribution in [0.15, 0.2) is 36.5 Å². The highest BCUT2D eigenvalue weighted by molar-refractivity contribution is 6.06. The number of carbonyl (C=O) groups excluding carboxylic acids is 1. The first-order valence-corrected chi connectivity index (χ1v) is 7.95. The minimum Gasteiger partial charge on any atom is -0.305 e. The Labute approximate surface area is 145 Å². The fraction of sp³-hybridized carbons (Fsp3) is 0.222. The fourth-order valence-electron chi connectivity index (χ4n) is 2.82. The van der Waals surface area contributed by atoms with Gasteiger partial charge in [0, 0.05) is 12.2 Å². The zero-order chi connectivity index (χ0) is 18.0. The lowest BCUT2D eigenvalue weighted by Gasteiger charge is -2.10. The molecule has 0 radical (unpaired) electrons. The minimum atomic E-state index is -0.302. The number of para-hydroxylation sites is 1. The van der Waals surface area contributed by atoms with Crippen LogP contribution in [-0.4, -0.2) is 25.5 Å². The maximum atomic E-state index is 12.8. The number of hydrogen-bond donors (Lipinski definition) is 1. The number of benzene rings is 1. The highest BCUT2D eigenvalue weighted by Crippen LogP contribution is 2.22. The van der Waals surface area contributed by atoms with Crippen molar-refractivity contribution in [3.05, 3.63) is 59.0 Å². The molecule has 0 saturated carbocycles. The Morgan fingerprint density at radius 2 is 2.00 bits per heavy atom. The maximum absolute atomic E-state index is 12.8. The molecule has 126 valence electrons. The van der Waals surface area contributed by atoms with E-state index in [0.717, 1.165) is 11.4 Å². The molecule has 0 saturated heterocycles. The van der Waals surface area contributed by atoms with E-state index in [-0.39, 0.29) is 5.91 Å². The molecule has 1 aromatic carbocycles. The summed E-state index contributed by atoms with van der Waals surface area (Å²) in [6.07, 6.45) is 1.44. The van der Waals surface area contributed by atoms with E-state index in [4.69, 9.17) is 0 Å². The van der Waals surface area contributed by atoms with E-state index < -0.39 is 0 Å². The third-order valence-corrected chi connectivity index (χ3v) is 4.03. The number of carbonyl (C=O) groups is 1. The highest BCUT2D eigenvalue weighted by atomic mass is 16.1. The van der Waals surface area contributed by atoms with Gasteiger partial charge >= 0.3 is 0 Å². The Bertz CT molecular complexity index is 962. The van der Waals surface area contributed by atoms with E-state index >= 15 is 0 Å². The van der Waals surface area contributed by atoms with E-state index in [2.05, 4.69) is 21.6 Å². The smallest absolute Gasteiger partial charge is 0.260 e. The van der Waals surface area contributed by atoms with Crippen LogP contribution in [0.3, 0.4) is 0 Å². The molecule has 0 aliphatic heterocycles. The van der Waals surface area contributed by atoms with Crippen LogP contribution in [0.2, 0.25) is 0 Å². The second kappa shape index (κ2) is 6.61. The first kappa shape index (κ1) is 16.5. The van der Waals surface area contributed by atoms with Crippen molar-refractivity contribution in [3.63, 3.8) is 0 Å². The normalized spacial score (nSPS) is 10.5. The number of nitriles is 1. The third-order valence-electron chi connectivity index (χ3n) is 4.03. The van der Waals surface area contributed by atoms with Crippen molar-refractivity contribution < 1.29 is 4.79 Å². The van der Waals surface area contributed by atoms with Crippen LogP contribution < -0.4 is 5.32 Å². The second-order valence-electron chi connectivity index (χ2n) is 5.58. The molecule has 1 N–H and O–H groups in total. The van der Waals surface area contributed by atoms with E-state index in [1.807, 2.05) is 44.2 Å². The zero-order valence-electron chi connectivity index (χ0n) is 14.3. The molecule has 0 fully saturated rings. The van der Waals surface area contributed by atoms with Crippen LogP contribution >= 0.6 is 0 Å². The number of rotatable bonds is 4. The van der Waals surface area contributed by atoms with Crippen molar-refractivity contribution in [1.82, 2.24) is 19.6 Å². The SMILES string of the molecule is CCn1nc(C)c(C(=O)Nc2c(C#N)cnn2-c2ccccc2)c1C. The molecule has 2 heterocycles. The molecular weight excluding hydrogens is 316 g/mol. The summed E-state index contributed by atoms with van der Waals surface area (Å²) in [7, 11) is 0. The highest BCUT2D eigenvalue weighted by Gasteiger charge is 2.21. The number of nitrogens with one attached hydrogen (secondary N) is 1. The standard InChI is InChI=1S/C18H18N6O/c1-4-23-13(3)16(12(2)22-23)18(25)21-17-14(10-19)11-20-24(17)15-8-6-5-7-9-15/h5-9,11H,4H2,1-3H3,(H,21,25). The number of hydrogen-bond acceptors (Lipinski definition) is 4. The molecule has 3 rings (SSSR count). The predicted molar refractivity (Wildman–Crippen MR) is 93.6 cm³/mol. The van der Waals surface area contributed by atoms with Gasteiger partial charge in [-0.2, -0.15) is 15.5 Å². The van der Waals surface area contributed by atoms with Crippen LogP contribution in [0.1, 0.15) is 34.2 Å². The molecular formula is C18H18N6O. The van der Waals surface area contributed by atoms with Gasteiger partial charge in [-0.15, -0.1) is 0 Å². The van der Waals surface area contributed by atoms with Crippen molar-refractivity contribution in [1.29, 1.82) is 5.26 Å². The average Bonchev–Trinajstić information content (AvgIpc) is 3.15. The van der Waals surface area contributed by atoms with Gasteiger partial charge in [-0.1, -0.05) is 18.2 Å². The van der Waals surface area contributed by atoms with Crippen LogP contribution in [0, 0.1) is 25.2 Å². The quantitative estimate of drug-likeness (QED) is 0.794. The van der Waals surface area contributed by atoms with Gasteiger partial charge in [0.05, 0.1) is 23.1 Å². The lowest BCUT2D eigenvalue weighted by Crippen LogP contribution is -2.17. The van der Waals surface area contributed by atoms with Crippen molar-refractivity contribution in [2.24, 2.45) is 0 Å². The molecule has 0 spiro atoms. The summed E-state index contributed by atoms with van der Waals surface area (Å²) in [5, 5.41) is 20.8. The minimum absolute atomic E-state index is 0.301. The molecule has 2 aromatic heterocycles. The predicted octanol–water partition coefficient (Wildman–Crippen LogP) is 2.83. The number of anilines is 1. The summed E-state index contributed by atoms with van der Waals surface area (Å²) in [5.41, 5.74) is 3.03. The van der Waals surface area contributed by atoms with E-state index in [9.17, 15) is 10.1 Å². The Morgan fingerprint density at radius 1 is 1.28 bits per heavy atom. The van der Waals surface area contributed by atoms with E-state index in [1.54, 1.807) is 16.3 Å². The molecule has 0 aliphatic carbocycles. The first-order valence-electron chi connectivity index (χ1n) is 7.95. The van der Waals surface area contributed by atoms with Gasteiger partial charge in [-0.3, -0.25) is 9.48 Å². The Hall–Kier alpha value is -3.40. The largest absolute Gasteiger partial charge is 0.305 e. The van der Waals surface area contributed by atoms with E-state index in [1.165, 1.54) is 6.20 Å². The van der Waals surface area contributed by atoms with Gasteiger partial charge in [0.25, 0.3) is 5.91 Å². The first-order chi connectivity index (χ1) is 12.1. The fourth-order valence-corrected chi connectivity index (χ4v) is 2.82. The van der Waals surface area contributed by atoms with Crippen molar-refractivity contribution >= 4 is 11.7 Å². The maximum Gasteiger partial charge on any atom is 0.260 e. The van der Waals surface area contributed by atoms with Crippen LogP contribution in [0.5, 0.6) is 0 Å². The molecule has 25 heavy (non-hydrogen) atoms. The Kier molecular flexibility index (Phi) is 4.35. The summed E-state index contributed by atoms with van der Waals surface area (Å²) >= 11 is 0. The van der Waals surface area contributed by atoms with Gasteiger partial charge in [-0.05, 0) is 32.9 Å². The molecule has 3 aromatic rings. The molecule has 7 heteroatoms. The molecule has 1 amide bonds. The third kappa shape index (κ3) is 2.90. The van der Waals surface area contributed by atoms with Gasteiger partial charge in [0.15, 0.2) is 5.82 Å². The summed E-state index contributed by atoms with van der Waals surface area (Å²) in [4.78, 5) is 12.8. The molecule has 0 atom stereocenters. The van der Waals surface area contributed by atoms with Gasteiger partial charge < -0.3 is 5.32 Å². The van der Waals surface area contributed by atoms with Crippen LogP contribution in [-0.2, 0) is 6.54 Å². The molecule has 0 bridgehead atoms. The lowest BCUT2D eigenvalue weighted by molar-refractivity contribution is 0.102. The molecule has 7 nitrogen and oxygen atoms in total. The number of aryl methyl sites for hydroxylation is 2. The average molecular weight is 334 g/mol. The lowest BCUT2D eigenvalue weighted by atomic mass is 10.2. The molecule has 0 unspecified atom stereocenters. The zero-order valence-corrected chi connectivity index (χ0v) is 14.3. The van der Waals surface area contributed by atoms with Gasteiger partial charge in [-0.25, -0.2) is 4.68 Å². The van der Waals surface area contributed by atoms with Gasteiger partial charge in [0.2, 0.25) is 0 Å². The topological polar surface area (TPSA) is 88.5 Å². The van der Waals surface area contributed by atoms with Crippen molar-refractivity contribution in [3.8, 4) is 11.8 Å². The Balaban J connectivity index is 2.01. The summed E-state index contributed by atoms with van der Waals surface area (Å²) in [6, 6.07) is 11.4. The van der Waals surface area contributed by atoms with Crippen molar-refractivity contribution in [2.45, 2.75) is 27.3 Å². The Morgan fingerprint density at radius 3 is 2.60 bits per heavy atom. The number of nitrogens with zero attached hydrogens (tertiary/aromatic N) is 5. The number of aromatic nitrogens is 4. The van der Waals surface area contributed by atoms with E-state index in [0.29, 0.717) is 29.2 Å². The number of amides is 1. The monoisotopic (exact) mass is 334 g/mol. The summed E-state index contributed by atoms with van der Waals surface area (Å²) in [6.45, 7) is 6.32. The van der Waals surface area contributed by atoms with Crippen LogP contribution in [0.25, 0.3) is 5.69 Å². The second-order valence-corrected chi connectivity index (χ2v) is 5.58. The van der Waals surface area contributed by atoms with Gasteiger partial charge in [0.1, 0.15) is 11.6 Å². The molecule has 0 aliphatic rings. The summed E-state index contributed by atoms with van der Waals surface area (Å²) < 4.78 is 3.33. The van der Waals surface area contributed by atoms with Crippen molar-refractivity contribution in [2.75, 3.05) is 5.32 Å². The summed E-state index contributed by atoms with van der Waals surface area (Å²) in [5.74, 6) is 0.0469.